The fraction of sp³-hybridized carbons (Fsp3) is 0.391. The highest BCUT2D eigenvalue weighted by Crippen LogP contribution is 2.27. The van der Waals surface area contributed by atoms with Crippen LogP contribution in [0.15, 0.2) is 53.7 Å². The predicted octanol–water partition coefficient (Wildman–Crippen LogP) is 4.45. The molecule has 1 aromatic heterocycles. The molecule has 0 fully saturated rings. The molecular weight excluding hydrogens is 398 g/mol. The molecule has 0 aliphatic carbocycles. The molecule has 160 valence electrons. The summed E-state index contributed by atoms with van der Waals surface area (Å²) in [5.74, 6) is 3.30. The maximum Gasteiger partial charge on any atom is 0.191 e. The monoisotopic (exact) mass is 427 g/mol. The van der Waals surface area contributed by atoms with E-state index in [1.807, 2.05) is 55.5 Å². The van der Waals surface area contributed by atoms with Crippen molar-refractivity contribution in [2.24, 2.45) is 5.92 Å². The lowest BCUT2D eigenvalue weighted by Crippen LogP contribution is -2.20. The second-order valence-corrected chi connectivity index (χ2v) is 8.62. The summed E-state index contributed by atoms with van der Waals surface area (Å²) in [6, 6.07) is 15.6. The maximum atomic E-state index is 10.4. The van der Waals surface area contributed by atoms with Crippen LogP contribution in [-0.2, 0) is 6.54 Å². The summed E-state index contributed by atoms with van der Waals surface area (Å²) in [6.45, 7) is 7.39. The summed E-state index contributed by atoms with van der Waals surface area (Å²) in [7, 11) is 1.65. The molecule has 1 N–H and O–H groups in total. The van der Waals surface area contributed by atoms with E-state index in [0.717, 1.165) is 34.6 Å². The van der Waals surface area contributed by atoms with E-state index >= 15 is 0 Å². The molecular formula is C23H29N3O3S. The Balaban J connectivity index is 1.65. The lowest BCUT2D eigenvalue weighted by Gasteiger charge is -2.15. The molecule has 3 rings (SSSR count). The minimum Gasteiger partial charge on any atom is -0.497 e. The fourth-order valence-corrected chi connectivity index (χ4v) is 3.78. The number of benzene rings is 2. The van der Waals surface area contributed by atoms with Crippen LogP contribution in [0.5, 0.6) is 11.5 Å². The van der Waals surface area contributed by atoms with Crippen molar-refractivity contribution in [3.8, 4) is 22.9 Å². The summed E-state index contributed by atoms with van der Waals surface area (Å²) in [6.07, 6.45) is -0.607. The van der Waals surface area contributed by atoms with Crippen molar-refractivity contribution in [2.75, 3.05) is 19.5 Å². The van der Waals surface area contributed by atoms with Crippen LogP contribution in [0.1, 0.15) is 19.4 Å². The van der Waals surface area contributed by atoms with E-state index in [-0.39, 0.29) is 6.61 Å². The Hall–Kier alpha value is -2.51. The molecule has 30 heavy (non-hydrogen) atoms. The Kier molecular flexibility index (Phi) is 7.76. The van der Waals surface area contributed by atoms with E-state index in [1.165, 1.54) is 17.3 Å². The molecule has 1 atom stereocenters. The second kappa shape index (κ2) is 10.5. The molecule has 0 bridgehead atoms. The Morgan fingerprint density at radius 3 is 2.30 bits per heavy atom. The SMILES string of the molecule is COc1ccc(-c2nnc(SC[C@H](O)COc3ccc(C)cc3)n2CC(C)C)cc1. The van der Waals surface area contributed by atoms with Crippen LogP contribution < -0.4 is 9.47 Å². The van der Waals surface area contributed by atoms with E-state index in [9.17, 15) is 5.11 Å². The Labute approximate surface area is 182 Å². The van der Waals surface area contributed by atoms with Crippen molar-refractivity contribution in [2.45, 2.75) is 38.6 Å². The minimum atomic E-state index is -0.607. The summed E-state index contributed by atoms with van der Waals surface area (Å²) in [5, 5.41) is 20.0. The quantitative estimate of drug-likeness (QED) is 0.482. The molecule has 0 spiro atoms. The van der Waals surface area contributed by atoms with Crippen molar-refractivity contribution >= 4 is 11.8 Å². The van der Waals surface area contributed by atoms with Crippen molar-refractivity contribution < 1.29 is 14.6 Å². The molecule has 2 aromatic carbocycles. The summed E-state index contributed by atoms with van der Waals surface area (Å²) < 4.78 is 13.0. The van der Waals surface area contributed by atoms with Crippen molar-refractivity contribution in [1.82, 2.24) is 14.8 Å². The number of aliphatic hydroxyl groups is 1. The van der Waals surface area contributed by atoms with Crippen molar-refractivity contribution in [3.05, 3.63) is 54.1 Å². The van der Waals surface area contributed by atoms with E-state index in [1.54, 1.807) is 7.11 Å². The zero-order valence-corrected chi connectivity index (χ0v) is 18.7. The van der Waals surface area contributed by atoms with Crippen LogP contribution in [0.4, 0.5) is 0 Å². The third-order valence-corrected chi connectivity index (χ3v) is 5.59. The number of methoxy groups -OCH3 is 1. The first-order chi connectivity index (χ1) is 14.5. The van der Waals surface area contributed by atoms with Gasteiger partial charge in [0.2, 0.25) is 0 Å². The topological polar surface area (TPSA) is 69.4 Å². The lowest BCUT2D eigenvalue weighted by molar-refractivity contribution is 0.126. The molecule has 3 aromatic rings. The van der Waals surface area contributed by atoms with Gasteiger partial charge >= 0.3 is 0 Å². The predicted molar refractivity (Wildman–Crippen MR) is 120 cm³/mol. The average molecular weight is 428 g/mol. The molecule has 1 heterocycles. The van der Waals surface area contributed by atoms with Crippen LogP contribution in [0.2, 0.25) is 0 Å². The first kappa shape index (κ1) is 22.2. The number of aromatic nitrogens is 3. The van der Waals surface area contributed by atoms with Gasteiger partial charge in [0.15, 0.2) is 11.0 Å². The van der Waals surface area contributed by atoms with Gasteiger partial charge < -0.3 is 19.1 Å². The van der Waals surface area contributed by atoms with E-state index in [0.29, 0.717) is 11.7 Å². The third kappa shape index (κ3) is 6.00. The summed E-state index contributed by atoms with van der Waals surface area (Å²) in [5.41, 5.74) is 2.16. The van der Waals surface area contributed by atoms with Gasteiger partial charge in [0.25, 0.3) is 0 Å². The molecule has 0 saturated heterocycles. The number of rotatable bonds is 10. The van der Waals surface area contributed by atoms with Gasteiger partial charge in [-0.05, 0) is 49.2 Å². The zero-order chi connectivity index (χ0) is 21.5. The largest absolute Gasteiger partial charge is 0.497 e. The van der Waals surface area contributed by atoms with Crippen LogP contribution >= 0.6 is 11.8 Å². The van der Waals surface area contributed by atoms with Crippen LogP contribution in [0.3, 0.4) is 0 Å². The summed E-state index contributed by atoms with van der Waals surface area (Å²) in [4.78, 5) is 0. The van der Waals surface area contributed by atoms with E-state index < -0.39 is 6.10 Å². The number of ether oxygens (including phenoxy) is 2. The van der Waals surface area contributed by atoms with Gasteiger partial charge in [-0.15, -0.1) is 10.2 Å². The smallest absolute Gasteiger partial charge is 0.191 e. The zero-order valence-electron chi connectivity index (χ0n) is 17.9. The van der Waals surface area contributed by atoms with Crippen LogP contribution in [-0.4, -0.2) is 45.4 Å². The molecule has 7 heteroatoms. The average Bonchev–Trinajstić information content (AvgIpc) is 3.13. The summed E-state index contributed by atoms with van der Waals surface area (Å²) >= 11 is 1.49. The van der Waals surface area contributed by atoms with Gasteiger partial charge in [-0.2, -0.15) is 0 Å². The molecule has 6 nitrogen and oxygen atoms in total. The fourth-order valence-electron chi connectivity index (χ4n) is 2.92. The van der Waals surface area contributed by atoms with Crippen LogP contribution in [0, 0.1) is 12.8 Å². The maximum absolute atomic E-state index is 10.4. The van der Waals surface area contributed by atoms with Crippen LogP contribution in [0.25, 0.3) is 11.4 Å². The van der Waals surface area contributed by atoms with E-state index in [2.05, 4.69) is 28.6 Å². The molecule has 0 amide bonds. The van der Waals surface area contributed by atoms with Gasteiger partial charge in [-0.1, -0.05) is 43.3 Å². The lowest BCUT2D eigenvalue weighted by atomic mass is 10.2. The minimum absolute atomic E-state index is 0.236. The molecule has 0 aliphatic rings. The number of aryl methyl sites for hydroxylation is 1. The van der Waals surface area contributed by atoms with Gasteiger partial charge in [-0.3, -0.25) is 0 Å². The highest BCUT2D eigenvalue weighted by molar-refractivity contribution is 7.99. The number of aliphatic hydroxyl groups excluding tert-OH is 1. The van der Waals surface area contributed by atoms with Gasteiger partial charge in [-0.25, -0.2) is 0 Å². The molecule has 0 radical (unpaired) electrons. The van der Waals surface area contributed by atoms with Gasteiger partial charge in [0, 0.05) is 17.9 Å². The normalized spacial score (nSPS) is 12.2. The number of nitrogens with zero attached hydrogens (tertiary/aromatic N) is 3. The molecule has 0 aliphatic heterocycles. The first-order valence-electron chi connectivity index (χ1n) is 10.0. The van der Waals surface area contributed by atoms with E-state index in [4.69, 9.17) is 9.47 Å². The Bertz CT molecular complexity index is 924. The highest BCUT2D eigenvalue weighted by Gasteiger charge is 2.17. The highest BCUT2D eigenvalue weighted by atomic mass is 32.2. The number of thioether (sulfide) groups is 1. The molecule has 0 saturated carbocycles. The van der Waals surface area contributed by atoms with Crippen molar-refractivity contribution in [1.29, 1.82) is 0 Å². The molecule has 0 unspecified atom stereocenters. The Morgan fingerprint density at radius 1 is 1.00 bits per heavy atom. The standard InChI is InChI=1S/C23H29N3O3S/c1-16(2)13-26-22(18-7-11-20(28-4)12-8-18)24-25-23(26)30-15-19(27)14-29-21-9-5-17(3)6-10-21/h5-12,16,19,27H,13-15H2,1-4H3/t19-/m1/s1. The number of hydrogen-bond donors (Lipinski definition) is 1. The first-order valence-corrected chi connectivity index (χ1v) is 11.0. The van der Waals surface area contributed by atoms with Gasteiger partial charge in [0.1, 0.15) is 18.1 Å². The third-order valence-electron chi connectivity index (χ3n) is 4.48. The number of hydrogen-bond acceptors (Lipinski definition) is 6. The Morgan fingerprint density at radius 2 is 1.67 bits per heavy atom. The second-order valence-electron chi connectivity index (χ2n) is 7.63. The van der Waals surface area contributed by atoms with Gasteiger partial charge in [0.05, 0.1) is 13.2 Å². The van der Waals surface area contributed by atoms with Crippen molar-refractivity contribution in [3.63, 3.8) is 0 Å².